The molecule has 2 aromatic rings. The van der Waals surface area contributed by atoms with Crippen LogP contribution in [0.2, 0.25) is 4.34 Å². The molecule has 2 rings (SSSR count). The van der Waals surface area contributed by atoms with Crippen LogP contribution in [0.15, 0.2) is 35.2 Å². The Kier molecular flexibility index (Phi) is 4.39. The Morgan fingerprint density at radius 1 is 1.30 bits per heavy atom. The van der Waals surface area contributed by atoms with E-state index in [1.54, 1.807) is 32.2 Å². The van der Waals surface area contributed by atoms with Gasteiger partial charge in [-0.25, -0.2) is 8.42 Å². The van der Waals surface area contributed by atoms with Crippen LogP contribution in [0, 0.1) is 6.92 Å². The molecule has 4 nitrogen and oxygen atoms in total. The van der Waals surface area contributed by atoms with Crippen molar-refractivity contribution in [1.29, 1.82) is 0 Å². The summed E-state index contributed by atoms with van der Waals surface area (Å²) < 4.78 is 27.0. The van der Waals surface area contributed by atoms with Crippen molar-refractivity contribution in [3.05, 3.63) is 45.1 Å². The lowest BCUT2D eigenvalue weighted by molar-refractivity contribution is 0.469. The van der Waals surface area contributed by atoms with E-state index in [1.807, 2.05) is 6.07 Å². The third kappa shape index (κ3) is 3.15. The number of aryl methyl sites for hydroxylation is 1. The van der Waals surface area contributed by atoms with Crippen molar-refractivity contribution in [3.8, 4) is 0 Å². The SMILES string of the molecule is Cc1cc(N)ccc1S(=O)(=O)N(C)Cc1ccc(Cl)s1. The van der Waals surface area contributed by atoms with Crippen molar-refractivity contribution in [1.82, 2.24) is 4.31 Å². The summed E-state index contributed by atoms with van der Waals surface area (Å²) >= 11 is 7.23. The average Bonchev–Trinajstić information content (AvgIpc) is 2.74. The summed E-state index contributed by atoms with van der Waals surface area (Å²) in [7, 11) is -1.98. The maximum atomic E-state index is 12.5. The van der Waals surface area contributed by atoms with E-state index in [0.717, 1.165) is 4.88 Å². The van der Waals surface area contributed by atoms with Crippen molar-refractivity contribution in [2.24, 2.45) is 0 Å². The van der Waals surface area contributed by atoms with Gasteiger partial charge >= 0.3 is 0 Å². The van der Waals surface area contributed by atoms with E-state index in [4.69, 9.17) is 17.3 Å². The zero-order valence-corrected chi connectivity index (χ0v) is 13.5. The van der Waals surface area contributed by atoms with Crippen molar-refractivity contribution in [2.75, 3.05) is 12.8 Å². The second kappa shape index (κ2) is 5.73. The highest BCUT2D eigenvalue weighted by atomic mass is 35.5. The first-order valence-corrected chi connectivity index (χ1v) is 8.51. The van der Waals surface area contributed by atoms with Crippen LogP contribution in [-0.4, -0.2) is 19.8 Å². The monoisotopic (exact) mass is 330 g/mol. The predicted molar refractivity (Wildman–Crippen MR) is 83.6 cm³/mol. The lowest BCUT2D eigenvalue weighted by Gasteiger charge is -2.18. The molecule has 0 amide bonds. The fourth-order valence-electron chi connectivity index (χ4n) is 1.87. The zero-order chi connectivity index (χ0) is 14.9. The van der Waals surface area contributed by atoms with E-state index in [1.165, 1.54) is 21.7 Å². The molecule has 0 bridgehead atoms. The Morgan fingerprint density at radius 3 is 2.55 bits per heavy atom. The third-order valence-electron chi connectivity index (χ3n) is 2.89. The van der Waals surface area contributed by atoms with Gasteiger partial charge in [-0.15, -0.1) is 11.3 Å². The summed E-state index contributed by atoms with van der Waals surface area (Å²) in [5.74, 6) is 0. The molecule has 0 aliphatic heterocycles. The number of hydrogen-bond acceptors (Lipinski definition) is 4. The highest BCUT2D eigenvalue weighted by molar-refractivity contribution is 7.89. The van der Waals surface area contributed by atoms with E-state index < -0.39 is 10.0 Å². The second-order valence-corrected chi connectivity index (χ2v) is 8.30. The van der Waals surface area contributed by atoms with Crippen LogP contribution in [0.1, 0.15) is 10.4 Å². The third-order valence-corrected chi connectivity index (χ3v) is 6.07. The van der Waals surface area contributed by atoms with E-state index in [-0.39, 0.29) is 4.90 Å². The minimum atomic E-state index is -3.53. The van der Waals surface area contributed by atoms with Gasteiger partial charge in [-0.2, -0.15) is 4.31 Å². The molecular formula is C13H15ClN2O2S2. The number of anilines is 1. The topological polar surface area (TPSA) is 63.4 Å². The summed E-state index contributed by atoms with van der Waals surface area (Å²) in [6.07, 6.45) is 0. The molecule has 20 heavy (non-hydrogen) atoms. The van der Waals surface area contributed by atoms with Crippen LogP contribution in [0.5, 0.6) is 0 Å². The van der Waals surface area contributed by atoms with Crippen LogP contribution < -0.4 is 5.73 Å². The van der Waals surface area contributed by atoms with Gasteiger partial charge in [-0.3, -0.25) is 0 Å². The smallest absolute Gasteiger partial charge is 0.243 e. The average molecular weight is 331 g/mol. The summed E-state index contributed by atoms with van der Waals surface area (Å²) in [6.45, 7) is 2.03. The van der Waals surface area contributed by atoms with Gasteiger partial charge in [0.05, 0.1) is 9.23 Å². The molecule has 1 aromatic heterocycles. The zero-order valence-electron chi connectivity index (χ0n) is 11.1. The molecular weight excluding hydrogens is 316 g/mol. The van der Waals surface area contributed by atoms with Gasteiger partial charge in [0, 0.05) is 24.2 Å². The molecule has 0 aliphatic carbocycles. The number of hydrogen-bond donors (Lipinski definition) is 1. The molecule has 1 aromatic carbocycles. The normalized spacial score (nSPS) is 12.0. The van der Waals surface area contributed by atoms with Crippen molar-refractivity contribution in [2.45, 2.75) is 18.4 Å². The Hall–Kier alpha value is -1.08. The van der Waals surface area contributed by atoms with Gasteiger partial charge in [0.25, 0.3) is 0 Å². The largest absolute Gasteiger partial charge is 0.399 e. The van der Waals surface area contributed by atoms with Crippen LogP contribution in [0.25, 0.3) is 0 Å². The Labute approximate surface area is 127 Å². The van der Waals surface area contributed by atoms with Crippen LogP contribution in [0.4, 0.5) is 5.69 Å². The molecule has 0 saturated heterocycles. The van der Waals surface area contributed by atoms with E-state index in [9.17, 15) is 8.42 Å². The molecule has 0 unspecified atom stereocenters. The van der Waals surface area contributed by atoms with Gasteiger partial charge in [0.1, 0.15) is 0 Å². The van der Waals surface area contributed by atoms with Gasteiger partial charge in [0.2, 0.25) is 10.0 Å². The Morgan fingerprint density at radius 2 is 2.00 bits per heavy atom. The van der Waals surface area contributed by atoms with Crippen LogP contribution in [-0.2, 0) is 16.6 Å². The number of benzene rings is 1. The number of nitrogens with zero attached hydrogens (tertiary/aromatic N) is 1. The first-order chi connectivity index (χ1) is 9.30. The van der Waals surface area contributed by atoms with E-state index in [0.29, 0.717) is 22.1 Å². The molecule has 0 fully saturated rings. The molecule has 0 atom stereocenters. The lowest BCUT2D eigenvalue weighted by atomic mass is 10.2. The summed E-state index contributed by atoms with van der Waals surface area (Å²) in [4.78, 5) is 1.17. The predicted octanol–water partition coefficient (Wildman–Crippen LogP) is 3.11. The molecule has 0 saturated carbocycles. The number of nitrogens with two attached hydrogens (primary N) is 1. The minimum absolute atomic E-state index is 0.275. The maximum Gasteiger partial charge on any atom is 0.243 e. The number of nitrogen functional groups attached to an aromatic ring is 1. The van der Waals surface area contributed by atoms with Gasteiger partial charge in [-0.1, -0.05) is 11.6 Å². The highest BCUT2D eigenvalue weighted by Crippen LogP contribution is 2.26. The van der Waals surface area contributed by atoms with Crippen molar-refractivity contribution in [3.63, 3.8) is 0 Å². The van der Waals surface area contributed by atoms with Crippen LogP contribution in [0.3, 0.4) is 0 Å². The molecule has 0 radical (unpaired) electrons. The van der Waals surface area contributed by atoms with Crippen molar-refractivity contribution >= 4 is 38.6 Å². The lowest BCUT2D eigenvalue weighted by Crippen LogP contribution is -2.26. The first-order valence-electron chi connectivity index (χ1n) is 5.87. The Bertz CT molecular complexity index is 726. The van der Waals surface area contributed by atoms with Crippen molar-refractivity contribution < 1.29 is 8.42 Å². The highest BCUT2D eigenvalue weighted by Gasteiger charge is 2.23. The van der Waals surface area contributed by atoms with Gasteiger partial charge in [-0.05, 0) is 42.8 Å². The summed E-state index contributed by atoms with van der Waals surface area (Å²) in [6, 6.07) is 8.38. The fourth-order valence-corrected chi connectivity index (χ4v) is 4.44. The molecule has 0 aliphatic rings. The number of rotatable bonds is 4. The number of thiophene rings is 1. The fraction of sp³-hybridized carbons (Fsp3) is 0.231. The first kappa shape index (κ1) is 15.3. The molecule has 108 valence electrons. The number of sulfonamides is 1. The van der Waals surface area contributed by atoms with Crippen LogP contribution >= 0.6 is 22.9 Å². The van der Waals surface area contributed by atoms with E-state index >= 15 is 0 Å². The maximum absolute atomic E-state index is 12.5. The number of halogens is 1. The van der Waals surface area contributed by atoms with Gasteiger partial charge in [0.15, 0.2) is 0 Å². The van der Waals surface area contributed by atoms with E-state index in [2.05, 4.69) is 0 Å². The standard InChI is InChI=1S/C13H15ClN2O2S2/c1-9-7-10(15)3-5-12(9)20(17,18)16(2)8-11-4-6-13(14)19-11/h3-7H,8,15H2,1-2H3. The molecule has 2 N–H and O–H groups in total. The quantitative estimate of drug-likeness (QED) is 0.876. The molecule has 1 heterocycles. The molecule has 0 spiro atoms. The second-order valence-electron chi connectivity index (χ2n) is 4.49. The summed E-state index contributed by atoms with van der Waals surface area (Å²) in [5.41, 5.74) is 6.84. The minimum Gasteiger partial charge on any atom is -0.399 e. The van der Waals surface area contributed by atoms with Gasteiger partial charge < -0.3 is 5.73 Å². The summed E-state index contributed by atoms with van der Waals surface area (Å²) in [5, 5.41) is 0. The molecule has 7 heteroatoms. The Balaban J connectivity index is 2.29.